The fraction of sp³-hybridized carbons (Fsp3) is 0.600. The number of hydrogen-bond donors (Lipinski definition) is 4. The first kappa shape index (κ1) is 19.9. The normalized spacial score (nSPS) is 32.9. The number of carbonyl (C=O) groups is 1. The van der Waals surface area contributed by atoms with Gasteiger partial charge < -0.3 is 25.7 Å². The third kappa shape index (κ3) is 3.63. The summed E-state index contributed by atoms with van der Waals surface area (Å²) in [7, 11) is 0. The van der Waals surface area contributed by atoms with E-state index in [1.54, 1.807) is 11.8 Å². The lowest BCUT2D eigenvalue weighted by Crippen LogP contribution is -2.61. The molecule has 5 atom stereocenters. The van der Waals surface area contributed by atoms with E-state index in [1.165, 1.54) is 0 Å². The molecule has 6 nitrogen and oxygen atoms in total. The maximum Gasteiger partial charge on any atom is 0.225 e. The molecule has 0 bridgehead atoms. The van der Waals surface area contributed by atoms with Crippen LogP contribution in [0.5, 0.6) is 0 Å². The Morgan fingerprint density at radius 1 is 1.25 bits per heavy atom. The number of thioether (sulfide) groups is 1. The van der Waals surface area contributed by atoms with Gasteiger partial charge in [-0.25, -0.2) is 0 Å². The summed E-state index contributed by atoms with van der Waals surface area (Å²) in [6, 6.07) is 7.45. The number of nitrogens with zero attached hydrogens (tertiary/aromatic N) is 1. The molecule has 152 valence electrons. The van der Waals surface area contributed by atoms with Gasteiger partial charge in [0.15, 0.2) is 5.11 Å². The summed E-state index contributed by atoms with van der Waals surface area (Å²) in [6.45, 7) is 0. The molecule has 4 N–H and O–H groups in total. The Bertz CT molecular complexity index is 739. The lowest BCUT2D eigenvalue weighted by Gasteiger charge is -2.41. The molecule has 0 spiro atoms. The zero-order valence-electron chi connectivity index (χ0n) is 15.9. The average Bonchev–Trinajstić information content (AvgIpc) is 3.32. The van der Waals surface area contributed by atoms with Gasteiger partial charge in [0.2, 0.25) is 5.91 Å². The Kier molecular flexibility index (Phi) is 5.83. The number of thiocarbonyl (C=S) groups is 1. The molecule has 1 aromatic rings. The van der Waals surface area contributed by atoms with Crippen molar-refractivity contribution >= 4 is 40.7 Å². The van der Waals surface area contributed by atoms with Crippen LogP contribution in [0.3, 0.4) is 0 Å². The van der Waals surface area contributed by atoms with E-state index < -0.39 is 24.2 Å². The zero-order valence-corrected chi connectivity index (χ0v) is 17.5. The van der Waals surface area contributed by atoms with Crippen molar-refractivity contribution < 1.29 is 15.0 Å². The SMILES string of the molecule is CSc1ccc(N2C(=S)NC3C(O)C(O)CC(C(=O)NC4CCCC4)C32)cc1. The van der Waals surface area contributed by atoms with Gasteiger partial charge in [0, 0.05) is 16.6 Å². The summed E-state index contributed by atoms with van der Waals surface area (Å²) >= 11 is 7.22. The number of amides is 1. The van der Waals surface area contributed by atoms with E-state index in [-0.39, 0.29) is 24.4 Å². The van der Waals surface area contributed by atoms with Crippen LogP contribution >= 0.6 is 24.0 Å². The number of aliphatic hydroxyl groups excluding tert-OH is 2. The van der Waals surface area contributed by atoms with Crippen LogP contribution in [0.4, 0.5) is 5.69 Å². The van der Waals surface area contributed by atoms with Crippen molar-refractivity contribution in [3.63, 3.8) is 0 Å². The van der Waals surface area contributed by atoms with Gasteiger partial charge >= 0.3 is 0 Å². The van der Waals surface area contributed by atoms with E-state index >= 15 is 0 Å². The maximum atomic E-state index is 13.1. The van der Waals surface area contributed by atoms with Gasteiger partial charge in [0.25, 0.3) is 0 Å². The first-order chi connectivity index (χ1) is 13.5. The number of aliphatic hydroxyl groups is 2. The summed E-state index contributed by atoms with van der Waals surface area (Å²) in [5, 5.41) is 27.8. The van der Waals surface area contributed by atoms with Gasteiger partial charge in [0.05, 0.1) is 24.1 Å². The number of hydrogen-bond acceptors (Lipinski definition) is 5. The molecular weight excluding hydrogens is 394 g/mol. The Balaban J connectivity index is 1.63. The molecule has 1 heterocycles. The molecule has 0 radical (unpaired) electrons. The molecule has 1 aliphatic heterocycles. The number of nitrogens with one attached hydrogen (secondary N) is 2. The van der Waals surface area contributed by atoms with Gasteiger partial charge in [-0.3, -0.25) is 4.79 Å². The molecule has 3 fully saturated rings. The van der Waals surface area contributed by atoms with Crippen molar-refractivity contribution in [3.05, 3.63) is 24.3 Å². The van der Waals surface area contributed by atoms with Crippen LogP contribution in [-0.2, 0) is 4.79 Å². The summed E-state index contributed by atoms with van der Waals surface area (Å²) in [6.07, 6.45) is 4.64. The van der Waals surface area contributed by atoms with Crippen LogP contribution in [0, 0.1) is 5.92 Å². The van der Waals surface area contributed by atoms with Crippen molar-refractivity contribution in [1.82, 2.24) is 10.6 Å². The monoisotopic (exact) mass is 421 g/mol. The van der Waals surface area contributed by atoms with Crippen LogP contribution in [0.25, 0.3) is 0 Å². The van der Waals surface area contributed by atoms with Gasteiger partial charge in [0.1, 0.15) is 6.10 Å². The Labute approximate surface area is 175 Å². The minimum atomic E-state index is -0.964. The fourth-order valence-electron chi connectivity index (χ4n) is 4.76. The predicted molar refractivity (Wildman–Crippen MR) is 115 cm³/mol. The Hall–Kier alpha value is -1.35. The number of anilines is 1. The maximum absolute atomic E-state index is 13.1. The third-order valence-electron chi connectivity index (χ3n) is 6.23. The molecule has 2 saturated carbocycles. The molecule has 28 heavy (non-hydrogen) atoms. The van der Waals surface area contributed by atoms with Crippen molar-refractivity contribution in [1.29, 1.82) is 0 Å². The van der Waals surface area contributed by atoms with Crippen molar-refractivity contribution in [3.8, 4) is 0 Å². The van der Waals surface area contributed by atoms with E-state index in [2.05, 4.69) is 10.6 Å². The van der Waals surface area contributed by atoms with Crippen molar-refractivity contribution in [2.24, 2.45) is 5.92 Å². The quantitative estimate of drug-likeness (QED) is 0.434. The number of carbonyl (C=O) groups excluding carboxylic acids is 1. The molecule has 0 aromatic heterocycles. The summed E-state index contributed by atoms with van der Waals surface area (Å²) in [5.74, 6) is -0.498. The van der Waals surface area contributed by atoms with Crippen LogP contribution in [0.15, 0.2) is 29.2 Å². The molecule has 3 aliphatic rings. The van der Waals surface area contributed by atoms with E-state index in [0.29, 0.717) is 5.11 Å². The van der Waals surface area contributed by atoms with Crippen LogP contribution in [0.2, 0.25) is 0 Å². The van der Waals surface area contributed by atoms with E-state index in [9.17, 15) is 15.0 Å². The molecule has 8 heteroatoms. The minimum Gasteiger partial charge on any atom is -0.390 e. The standard InChI is InChI=1S/C20H27N3O3S2/c1-28-13-8-6-12(7-9-13)23-17-14(19(26)21-11-4-2-3-5-11)10-15(24)18(25)16(17)22-20(23)27/h6-9,11,14-18,24-25H,2-5,10H2,1H3,(H,21,26)(H,22,27). The fourth-order valence-corrected chi connectivity index (χ4v) is 5.53. The van der Waals surface area contributed by atoms with E-state index in [1.807, 2.05) is 35.4 Å². The van der Waals surface area contributed by atoms with E-state index in [0.717, 1.165) is 36.3 Å². The van der Waals surface area contributed by atoms with Gasteiger partial charge in [-0.1, -0.05) is 12.8 Å². The number of fused-ring (bicyclic) bond motifs is 1. The summed E-state index contributed by atoms with van der Waals surface area (Å²) < 4.78 is 0. The third-order valence-corrected chi connectivity index (χ3v) is 7.29. The van der Waals surface area contributed by atoms with Gasteiger partial charge in [-0.05, 0) is 62.0 Å². The molecule has 1 aromatic carbocycles. The summed E-state index contributed by atoms with van der Waals surface area (Å²) in [5.41, 5.74) is 0.894. The van der Waals surface area contributed by atoms with Crippen LogP contribution < -0.4 is 15.5 Å². The van der Waals surface area contributed by atoms with Crippen LogP contribution in [0.1, 0.15) is 32.1 Å². The largest absolute Gasteiger partial charge is 0.390 e. The Morgan fingerprint density at radius 3 is 2.57 bits per heavy atom. The first-order valence-corrected chi connectivity index (χ1v) is 11.5. The Morgan fingerprint density at radius 2 is 1.93 bits per heavy atom. The second-order valence-corrected chi connectivity index (χ2v) is 9.19. The second kappa shape index (κ2) is 8.18. The van der Waals surface area contributed by atoms with Gasteiger partial charge in [-0.2, -0.15) is 0 Å². The highest BCUT2D eigenvalue weighted by atomic mass is 32.2. The smallest absolute Gasteiger partial charge is 0.225 e. The minimum absolute atomic E-state index is 0.0508. The lowest BCUT2D eigenvalue weighted by molar-refractivity contribution is -0.131. The van der Waals surface area contributed by atoms with E-state index in [4.69, 9.17) is 12.2 Å². The molecule has 1 amide bonds. The van der Waals surface area contributed by atoms with Crippen LogP contribution in [-0.4, -0.2) is 57.8 Å². The number of benzene rings is 1. The molecule has 4 rings (SSSR count). The second-order valence-electron chi connectivity index (χ2n) is 7.92. The predicted octanol–water partition coefficient (Wildman–Crippen LogP) is 1.64. The lowest BCUT2D eigenvalue weighted by atomic mass is 9.77. The molecule has 1 saturated heterocycles. The van der Waals surface area contributed by atoms with Crippen molar-refractivity contribution in [2.75, 3.05) is 11.2 Å². The average molecular weight is 422 g/mol. The summed E-state index contributed by atoms with van der Waals surface area (Å²) in [4.78, 5) is 16.2. The first-order valence-electron chi connectivity index (χ1n) is 9.90. The van der Waals surface area contributed by atoms with Gasteiger partial charge in [-0.15, -0.1) is 11.8 Å². The zero-order chi connectivity index (χ0) is 19.8. The topological polar surface area (TPSA) is 84.8 Å². The highest BCUT2D eigenvalue weighted by molar-refractivity contribution is 7.98. The highest BCUT2D eigenvalue weighted by Crippen LogP contribution is 2.37. The van der Waals surface area contributed by atoms with Crippen molar-refractivity contribution in [2.45, 2.75) is 67.3 Å². The molecule has 5 unspecified atom stereocenters. The highest BCUT2D eigenvalue weighted by Gasteiger charge is 2.54. The number of rotatable bonds is 4. The molecule has 2 aliphatic carbocycles. The molecular formula is C20H27N3O3S2.